The number of carbonyl (C=O) groups is 1. The zero-order chi connectivity index (χ0) is 40.9. The molecule has 0 radical (unpaired) electrons. The third-order valence-corrected chi connectivity index (χ3v) is 13.9. The molecule has 0 fully saturated rings. The molecule has 0 unspecified atom stereocenters. The van der Waals surface area contributed by atoms with Crippen molar-refractivity contribution in [3.05, 3.63) is 73.2 Å². The van der Waals surface area contributed by atoms with Gasteiger partial charge in [0.05, 0.1) is 105 Å². The first kappa shape index (κ1) is 76.2. The molecule has 388 valence electrons. The quantitative estimate of drug-likeness (QED) is 0.0427. The van der Waals surface area contributed by atoms with E-state index in [1.165, 1.54) is 0 Å². The van der Waals surface area contributed by atoms with Gasteiger partial charge in [0.2, 0.25) is 5.91 Å². The van der Waals surface area contributed by atoms with Gasteiger partial charge in [0.1, 0.15) is 21.7 Å². The van der Waals surface area contributed by atoms with E-state index in [4.69, 9.17) is 37.9 Å². The number of amides is 1. The van der Waals surface area contributed by atoms with E-state index < -0.39 is 5.41 Å². The van der Waals surface area contributed by atoms with Crippen LogP contribution in [-0.4, -0.2) is 150 Å². The Morgan fingerprint density at radius 1 is 0.470 bits per heavy atom. The maximum absolute atomic E-state index is 11.9. The number of hydrogen-bond acceptors (Lipinski definition) is 18. The summed E-state index contributed by atoms with van der Waals surface area (Å²) >= 11 is 0. The molecule has 1 N–H and O–H groups in total. The number of carbonyl (C=O) groups excluding carboxylic acids is 1. The predicted molar refractivity (Wildman–Crippen MR) is 294 cm³/mol. The second-order valence-electron chi connectivity index (χ2n) is 12.2. The zero-order valence-electron chi connectivity index (χ0n) is 33.2. The van der Waals surface area contributed by atoms with E-state index in [0.717, 1.165) is 38.8 Å². The minimum atomic E-state index is -0.627. The molecule has 0 saturated carbocycles. The Bertz CT molecular complexity index is 1250. The van der Waals surface area contributed by atoms with Gasteiger partial charge in [-0.05, 0) is 75.2 Å². The summed E-state index contributed by atoms with van der Waals surface area (Å²) in [7, 11) is 10.0. The highest BCUT2D eigenvalue weighted by molar-refractivity contribution is 8.77. The molecular weight excluding hydrogens is 957 g/mol. The van der Waals surface area contributed by atoms with Crippen molar-refractivity contribution in [1.29, 1.82) is 0 Å². The number of nitrogens with one attached hydrogen (secondary N) is 1. The van der Waals surface area contributed by atoms with Gasteiger partial charge in [0.15, 0.2) is 0 Å². The molecule has 0 aliphatic rings. The Balaban J connectivity index is -0.00000112. The fourth-order valence-corrected chi connectivity index (χ4v) is 9.66. The first-order chi connectivity index (χ1) is 28.7. The van der Waals surface area contributed by atoms with Crippen molar-refractivity contribution in [2.45, 2.75) is 87.8 Å². The van der Waals surface area contributed by atoms with E-state index in [1.807, 2.05) is 61.5 Å². The number of pyridine rings is 3. The van der Waals surface area contributed by atoms with Gasteiger partial charge in [-0.15, -0.1) is 0 Å². The summed E-state index contributed by atoms with van der Waals surface area (Å²) in [4.78, 5) is 24.9. The molecule has 66 heavy (non-hydrogen) atoms. The van der Waals surface area contributed by atoms with Gasteiger partial charge in [-0.1, -0.05) is 117 Å². The third-order valence-electron chi connectivity index (χ3n) is 7.21. The Kier molecular flexibility index (Phi) is 63.1. The summed E-state index contributed by atoms with van der Waals surface area (Å²) in [5, 5.41) is 5.74. The molecule has 0 saturated heterocycles. The molecule has 0 aromatic carbocycles. The highest BCUT2D eigenvalue weighted by atomic mass is 33.1. The van der Waals surface area contributed by atoms with Crippen LogP contribution >= 0.6 is 64.8 Å². The van der Waals surface area contributed by atoms with Crippen LogP contribution in [0.2, 0.25) is 0 Å². The van der Waals surface area contributed by atoms with Crippen molar-refractivity contribution in [1.82, 2.24) is 20.3 Å². The van der Waals surface area contributed by atoms with Crippen LogP contribution in [0.5, 0.6) is 0 Å². The Labute approximate surface area is 426 Å². The van der Waals surface area contributed by atoms with Gasteiger partial charge in [0, 0.05) is 42.4 Å². The zero-order valence-corrected chi connectivity index (χ0v) is 38.1. The Morgan fingerprint density at radius 3 is 1.09 bits per heavy atom. The summed E-state index contributed by atoms with van der Waals surface area (Å²) in [5.41, 5.74) is -0.627. The molecule has 3 rings (SSSR count). The van der Waals surface area contributed by atoms with Crippen molar-refractivity contribution in [2.24, 2.45) is 5.41 Å². The van der Waals surface area contributed by atoms with E-state index in [0.29, 0.717) is 99.0 Å². The van der Waals surface area contributed by atoms with Crippen molar-refractivity contribution in [2.75, 3.05) is 130 Å². The smallest absolute Gasteiger partial charge is 0.245 e. The maximum Gasteiger partial charge on any atom is 0.245 e. The molecular formula is C47H90N4O9S6. The molecule has 3 aromatic rings. The van der Waals surface area contributed by atoms with Crippen LogP contribution in [0.15, 0.2) is 88.3 Å². The molecule has 0 aliphatic heterocycles. The molecule has 3 aromatic heterocycles. The Morgan fingerprint density at radius 2 is 0.788 bits per heavy atom. The van der Waals surface area contributed by atoms with Crippen LogP contribution in [0.1, 0.15) is 72.8 Å². The van der Waals surface area contributed by atoms with Crippen molar-refractivity contribution >= 4 is 70.7 Å². The third kappa shape index (κ3) is 41.7. The average Bonchev–Trinajstić information content (AvgIpc) is 3.26. The second-order valence-corrected chi connectivity index (χ2v) is 19.5. The highest BCUT2D eigenvalue weighted by Crippen LogP contribution is 2.30. The largest absolute Gasteiger partial charge is 0.378 e. The first-order valence-electron chi connectivity index (χ1n) is 19.2. The topological polar surface area (TPSA) is 142 Å². The normalized spacial score (nSPS) is 10.2. The minimum absolute atomic E-state index is 0. The molecule has 0 bridgehead atoms. The summed E-state index contributed by atoms with van der Waals surface area (Å²) in [6.45, 7) is 8.86. The van der Waals surface area contributed by atoms with Gasteiger partial charge < -0.3 is 43.2 Å². The summed E-state index contributed by atoms with van der Waals surface area (Å²) in [5.74, 6) is 2.35. The lowest BCUT2D eigenvalue weighted by Crippen LogP contribution is -2.43. The molecule has 0 spiro atoms. The second kappa shape index (κ2) is 54.6. The molecule has 3 heterocycles. The molecule has 19 heteroatoms. The van der Waals surface area contributed by atoms with E-state index in [1.54, 1.807) is 83.4 Å². The summed E-state index contributed by atoms with van der Waals surface area (Å²) in [6.07, 6.45) is 6.25. The van der Waals surface area contributed by atoms with E-state index in [9.17, 15) is 4.79 Å². The van der Waals surface area contributed by atoms with Crippen molar-refractivity contribution in [3.8, 4) is 0 Å². The van der Waals surface area contributed by atoms with Crippen LogP contribution < -0.4 is 5.32 Å². The molecule has 0 aliphatic carbocycles. The molecule has 13 nitrogen and oxygen atoms in total. The van der Waals surface area contributed by atoms with Crippen LogP contribution in [0.4, 0.5) is 0 Å². The Hall–Kier alpha value is -1.30. The first-order valence-corrected chi connectivity index (χ1v) is 26.1. The summed E-state index contributed by atoms with van der Waals surface area (Å²) < 4.78 is 47.7. The van der Waals surface area contributed by atoms with Crippen molar-refractivity contribution < 1.29 is 42.7 Å². The highest BCUT2D eigenvalue weighted by Gasteiger charge is 2.32. The van der Waals surface area contributed by atoms with Gasteiger partial charge in [0.25, 0.3) is 0 Å². The van der Waals surface area contributed by atoms with Gasteiger partial charge in [-0.3, -0.25) is 4.79 Å². The van der Waals surface area contributed by atoms with E-state index in [-0.39, 0.29) is 78.5 Å². The van der Waals surface area contributed by atoms with Gasteiger partial charge in [-0.25, -0.2) is 15.0 Å². The van der Waals surface area contributed by atoms with Gasteiger partial charge in [-0.2, -0.15) is 0 Å². The van der Waals surface area contributed by atoms with E-state index >= 15 is 0 Å². The van der Waals surface area contributed by atoms with Crippen molar-refractivity contribution in [3.63, 3.8) is 0 Å². The van der Waals surface area contributed by atoms with Crippen LogP contribution in [0.3, 0.4) is 0 Å². The fraction of sp³-hybridized carbons (Fsp3) is 0.660. The lowest BCUT2D eigenvalue weighted by atomic mass is 9.92. The van der Waals surface area contributed by atoms with E-state index in [2.05, 4.69) is 20.3 Å². The minimum Gasteiger partial charge on any atom is -0.378 e. The number of rotatable bonds is 39. The molecule has 0 atom stereocenters. The van der Waals surface area contributed by atoms with Crippen LogP contribution in [0.25, 0.3) is 0 Å². The standard InChI is InChI=1S/C39H58N4O9S6.8CH4/c1-2-12-40-35(44)30-48-19-23-52-34-39(31-49-20-16-45-24-27-53-56-36-9-3-6-13-41-36,32-50-21-17-46-25-28-54-57-37-10-4-7-14-42-37)33-51-22-18-47-26-29-55-58-38-11-5-8-15-43-38;;;;;;;;/h3-11,13-15H,2,12,16-34H2,1H3,(H,40,44);8*1H4. The molecule has 1 amide bonds. The van der Waals surface area contributed by atoms with Gasteiger partial charge >= 0.3 is 0 Å². The van der Waals surface area contributed by atoms with Crippen LogP contribution in [-0.2, 0) is 42.7 Å². The lowest BCUT2D eigenvalue weighted by Gasteiger charge is -2.33. The average molecular weight is 1050 g/mol. The lowest BCUT2D eigenvalue weighted by molar-refractivity contribution is -0.129. The summed E-state index contributed by atoms with van der Waals surface area (Å²) in [6, 6.07) is 17.6. The number of nitrogens with zero attached hydrogens (tertiary/aromatic N) is 3. The van der Waals surface area contributed by atoms with Crippen LogP contribution in [0, 0.1) is 5.41 Å². The maximum atomic E-state index is 11.9. The number of aromatic nitrogens is 3. The predicted octanol–water partition coefficient (Wildman–Crippen LogP) is 12.2. The number of ether oxygens (including phenoxy) is 8. The SMILES string of the molecule is C.C.C.C.C.C.C.C.CCCNC(=O)COCCOCC(COCCOCCSSc1ccccn1)(COCCOCCSSc1ccccn1)COCCOCCSSc1ccccn1. The number of hydrogen-bond donors (Lipinski definition) is 1. The monoisotopic (exact) mass is 1050 g/mol. The fourth-order valence-electron chi connectivity index (χ4n) is 4.44.